The molecule has 1 N–H and O–H groups in total. The van der Waals surface area contributed by atoms with E-state index in [4.69, 9.17) is 4.74 Å². The minimum Gasteiger partial charge on any atom is -0.378 e. The first kappa shape index (κ1) is 16.4. The van der Waals surface area contributed by atoms with Gasteiger partial charge in [-0.05, 0) is 70.5 Å². The smallest absolute Gasteiger partial charge is 0.126 e. The summed E-state index contributed by atoms with van der Waals surface area (Å²) in [6.07, 6.45) is 4.43. The maximum absolute atomic E-state index is 13.9. The Balaban J connectivity index is 1.98. The molecule has 0 aromatic heterocycles. The predicted octanol–water partition coefficient (Wildman–Crippen LogP) is 3.94. The molecule has 2 rings (SSSR count). The quantitative estimate of drug-likeness (QED) is 0.857. The number of rotatable bonds is 6. The molecule has 1 saturated heterocycles. The summed E-state index contributed by atoms with van der Waals surface area (Å²) in [5.74, 6) is 0.315. The van der Waals surface area contributed by atoms with Crippen LogP contribution in [0.3, 0.4) is 0 Å². The zero-order valence-electron chi connectivity index (χ0n) is 13.5. The molecule has 0 amide bonds. The molecule has 118 valence electrons. The maximum atomic E-state index is 13.9. The average molecular weight is 293 g/mol. The summed E-state index contributed by atoms with van der Waals surface area (Å²) in [5, 5.41) is 3.56. The summed E-state index contributed by atoms with van der Waals surface area (Å²) in [4.78, 5) is 0. The number of hydrogen-bond acceptors (Lipinski definition) is 2. The minimum absolute atomic E-state index is 0.0873. The van der Waals surface area contributed by atoms with E-state index in [1.807, 2.05) is 12.1 Å². The SMILES string of the molecule is CC(C)(C)NCC(Cc1ccccc1F)CC1CCCO1. The van der Waals surface area contributed by atoms with Gasteiger partial charge in [0.05, 0.1) is 6.10 Å². The number of halogens is 1. The van der Waals surface area contributed by atoms with E-state index in [2.05, 4.69) is 26.1 Å². The lowest BCUT2D eigenvalue weighted by atomic mass is 9.91. The van der Waals surface area contributed by atoms with Crippen molar-refractivity contribution in [1.82, 2.24) is 5.32 Å². The summed E-state index contributed by atoms with van der Waals surface area (Å²) < 4.78 is 19.6. The van der Waals surface area contributed by atoms with E-state index < -0.39 is 0 Å². The van der Waals surface area contributed by atoms with Gasteiger partial charge >= 0.3 is 0 Å². The van der Waals surface area contributed by atoms with Crippen LogP contribution >= 0.6 is 0 Å². The van der Waals surface area contributed by atoms with Crippen LogP contribution in [0.1, 0.15) is 45.6 Å². The van der Waals surface area contributed by atoms with Crippen LogP contribution in [-0.2, 0) is 11.2 Å². The summed E-state index contributed by atoms with van der Waals surface area (Å²) in [6, 6.07) is 7.12. The third-order valence-electron chi connectivity index (χ3n) is 4.01. The Bertz CT molecular complexity index is 435. The van der Waals surface area contributed by atoms with Crippen molar-refractivity contribution in [3.63, 3.8) is 0 Å². The monoisotopic (exact) mass is 293 g/mol. The largest absolute Gasteiger partial charge is 0.378 e. The van der Waals surface area contributed by atoms with Gasteiger partial charge in [-0.3, -0.25) is 0 Å². The fourth-order valence-corrected chi connectivity index (χ4v) is 2.87. The normalized spacial score (nSPS) is 20.7. The predicted molar refractivity (Wildman–Crippen MR) is 84.9 cm³/mol. The van der Waals surface area contributed by atoms with E-state index in [0.717, 1.165) is 44.4 Å². The van der Waals surface area contributed by atoms with Crippen LogP contribution in [0.5, 0.6) is 0 Å². The zero-order chi connectivity index (χ0) is 15.3. The molecule has 3 heteroatoms. The molecule has 0 radical (unpaired) electrons. The van der Waals surface area contributed by atoms with Crippen LogP contribution in [0.15, 0.2) is 24.3 Å². The van der Waals surface area contributed by atoms with Crippen LogP contribution in [0.2, 0.25) is 0 Å². The molecule has 2 atom stereocenters. The molecule has 0 bridgehead atoms. The number of hydrogen-bond donors (Lipinski definition) is 1. The number of ether oxygens (including phenoxy) is 1. The highest BCUT2D eigenvalue weighted by molar-refractivity contribution is 5.18. The first-order valence-electron chi connectivity index (χ1n) is 8.04. The van der Waals surface area contributed by atoms with Gasteiger partial charge < -0.3 is 10.1 Å². The Morgan fingerprint density at radius 3 is 2.71 bits per heavy atom. The van der Waals surface area contributed by atoms with Crippen molar-refractivity contribution in [3.05, 3.63) is 35.6 Å². The number of benzene rings is 1. The molecule has 1 aliphatic rings. The fourth-order valence-electron chi connectivity index (χ4n) is 2.87. The van der Waals surface area contributed by atoms with Crippen molar-refractivity contribution < 1.29 is 9.13 Å². The maximum Gasteiger partial charge on any atom is 0.126 e. The molecule has 1 aromatic rings. The molecule has 2 unspecified atom stereocenters. The average Bonchev–Trinajstić information content (AvgIpc) is 2.90. The topological polar surface area (TPSA) is 21.3 Å². The number of nitrogens with one attached hydrogen (secondary N) is 1. The van der Waals surface area contributed by atoms with Crippen molar-refractivity contribution in [3.8, 4) is 0 Å². The first-order valence-corrected chi connectivity index (χ1v) is 8.04. The van der Waals surface area contributed by atoms with Gasteiger partial charge in [0, 0.05) is 12.1 Å². The molecule has 1 aromatic carbocycles. The Hall–Kier alpha value is -0.930. The summed E-state index contributed by atoms with van der Waals surface area (Å²) in [6.45, 7) is 8.28. The fraction of sp³-hybridized carbons (Fsp3) is 0.667. The van der Waals surface area contributed by atoms with Crippen molar-refractivity contribution in [1.29, 1.82) is 0 Å². The lowest BCUT2D eigenvalue weighted by molar-refractivity contribution is 0.0880. The van der Waals surface area contributed by atoms with Gasteiger partial charge in [0.2, 0.25) is 0 Å². The van der Waals surface area contributed by atoms with E-state index in [1.165, 1.54) is 0 Å². The second-order valence-corrected chi connectivity index (χ2v) is 7.16. The lowest BCUT2D eigenvalue weighted by Gasteiger charge is -2.27. The third kappa shape index (κ3) is 5.76. The summed E-state index contributed by atoms with van der Waals surface area (Å²) in [7, 11) is 0. The molecule has 21 heavy (non-hydrogen) atoms. The van der Waals surface area contributed by atoms with Gasteiger partial charge in [0.25, 0.3) is 0 Å². The lowest BCUT2D eigenvalue weighted by Crippen LogP contribution is -2.40. The van der Waals surface area contributed by atoms with Crippen LogP contribution in [0, 0.1) is 11.7 Å². The molecule has 0 spiro atoms. The van der Waals surface area contributed by atoms with Gasteiger partial charge in [-0.15, -0.1) is 0 Å². The second-order valence-electron chi connectivity index (χ2n) is 7.16. The molecule has 0 saturated carbocycles. The van der Waals surface area contributed by atoms with Gasteiger partial charge in [-0.2, -0.15) is 0 Å². The second kappa shape index (κ2) is 7.37. The van der Waals surface area contributed by atoms with Gasteiger partial charge in [0.1, 0.15) is 5.82 Å². The highest BCUT2D eigenvalue weighted by atomic mass is 19.1. The molecule has 1 aliphatic heterocycles. The van der Waals surface area contributed by atoms with Crippen LogP contribution < -0.4 is 5.32 Å². The minimum atomic E-state index is -0.0920. The molecule has 2 nitrogen and oxygen atoms in total. The molecule has 0 aliphatic carbocycles. The van der Waals surface area contributed by atoms with Crippen molar-refractivity contribution in [2.45, 2.75) is 58.1 Å². The third-order valence-corrected chi connectivity index (χ3v) is 4.01. The molecule has 1 heterocycles. The highest BCUT2D eigenvalue weighted by Gasteiger charge is 2.23. The standard InChI is InChI=1S/C18H28FNO/c1-18(2,3)20-13-14(12-16-8-6-10-21-16)11-15-7-4-5-9-17(15)19/h4-5,7,9,14,16,20H,6,8,10-13H2,1-3H3. The molecular weight excluding hydrogens is 265 g/mol. The summed E-state index contributed by atoms with van der Waals surface area (Å²) in [5.41, 5.74) is 0.903. The van der Waals surface area contributed by atoms with E-state index in [1.54, 1.807) is 12.1 Å². The molecule has 1 fully saturated rings. The van der Waals surface area contributed by atoms with Gasteiger partial charge in [-0.25, -0.2) is 4.39 Å². The van der Waals surface area contributed by atoms with Crippen LogP contribution in [0.4, 0.5) is 4.39 Å². The van der Waals surface area contributed by atoms with E-state index >= 15 is 0 Å². The summed E-state index contributed by atoms with van der Waals surface area (Å²) >= 11 is 0. The Morgan fingerprint density at radius 1 is 1.33 bits per heavy atom. The Kier molecular flexibility index (Phi) is 5.77. The highest BCUT2D eigenvalue weighted by Crippen LogP contribution is 2.23. The van der Waals surface area contributed by atoms with Crippen LogP contribution in [0.25, 0.3) is 0 Å². The first-order chi connectivity index (χ1) is 9.94. The van der Waals surface area contributed by atoms with Crippen LogP contribution in [-0.4, -0.2) is 24.8 Å². The van der Waals surface area contributed by atoms with E-state index in [9.17, 15) is 4.39 Å². The zero-order valence-corrected chi connectivity index (χ0v) is 13.5. The van der Waals surface area contributed by atoms with Crippen molar-refractivity contribution >= 4 is 0 Å². The van der Waals surface area contributed by atoms with Gasteiger partial charge in [-0.1, -0.05) is 18.2 Å². The Morgan fingerprint density at radius 2 is 2.10 bits per heavy atom. The molecular formula is C18H28FNO. The van der Waals surface area contributed by atoms with E-state index in [-0.39, 0.29) is 11.4 Å². The van der Waals surface area contributed by atoms with Gasteiger partial charge in [0.15, 0.2) is 0 Å². The van der Waals surface area contributed by atoms with E-state index in [0.29, 0.717) is 12.0 Å². The van der Waals surface area contributed by atoms with Crippen molar-refractivity contribution in [2.24, 2.45) is 5.92 Å². The Labute approximate surface area is 128 Å². The van der Waals surface area contributed by atoms with Crippen molar-refractivity contribution in [2.75, 3.05) is 13.2 Å².